The molecule has 6 heteroatoms. The highest BCUT2D eigenvalue weighted by Gasteiger charge is 2.44. The summed E-state index contributed by atoms with van der Waals surface area (Å²) in [4.78, 5) is -0.403. The van der Waals surface area contributed by atoms with Gasteiger partial charge in [0.15, 0.2) is 9.73 Å². The van der Waals surface area contributed by atoms with Crippen LogP contribution in [0.4, 0.5) is 13.2 Å². The molecule has 0 bridgehead atoms. The first-order valence-electron chi connectivity index (χ1n) is 5.87. The number of halogens is 3. The predicted octanol–water partition coefficient (Wildman–Crippen LogP) is 4.04. The molecule has 0 amide bonds. The van der Waals surface area contributed by atoms with E-state index >= 15 is 0 Å². The van der Waals surface area contributed by atoms with Crippen LogP contribution in [0, 0.1) is 12.0 Å². The maximum Gasteiger partial charge on any atom is 0.484 e. The number of nitrogens with zero attached hydrogens (tertiary/aromatic N) is 1. The Hall–Kier alpha value is -2.26. The van der Waals surface area contributed by atoms with Gasteiger partial charge in [-0.1, -0.05) is 36.4 Å². The zero-order valence-corrected chi connectivity index (χ0v) is 11.5. The highest BCUT2D eigenvalue weighted by Crippen LogP contribution is 2.32. The fourth-order valence-electron chi connectivity index (χ4n) is 1.52. The van der Waals surface area contributed by atoms with Gasteiger partial charge in [0, 0.05) is 5.56 Å². The van der Waals surface area contributed by atoms with E-state index in [0.29, 0.717) is 5.56 Å². The first-order chi connectivity index (χ1) is 9.93. The topological polar surface area (TPSA) is 29.4 Å². The molecular weight excluding hydrogens is 299 g/mol. The minimum Gasteiger partial charge on any atom is -0.235 e. The normalized spacial score (nSPS) is 13.7. The van der Waals surface area contributed by atoms with Gasteiger partial charge in [-0.3, -0.25) is 0 Å². The Morgan fingerprint density at radius 2 is 1.43 bits per heavy atom. The number of alkyl halides is 3. The third-order valence-corrected chi connectivity index (χ3v) is 4.41. The van der Waals surface area contributed by atoms with E-state index in [0.717, 1.165) is 12.1 Å². The Balaban J connectivity index is 2.51. The third-order valence-electron chi connectivity index (χ3n) is 2.52. The summed E-state index contributed by atoms with van der Waals surface area (Å²) in [6.07, 6.45) is 0. The molecule has 0 N–H and O–H groups in total. The van der Waals surface area contributed by atoms with Crippen molar-refractivity contribution < 1.29 is 17.4 Å². The SMILES string of the molecule is O=S(=NC#Cc1ccccc1)(c1ccccc1)C(F)(F)F. The maximum absolute atomic E-state index is 13.1. The molecule has 2 aromatic carbocycles. The first kappa shape index (κ1) is 15.1. The van der Waals surface area contributed by atoms with E-state index in [1.165, 1.54) is 18.2 Å². The van der Waals surface area contributed by atoms with Crippen molar-refractivity contribution in [3.05, 3.63) is 66.2 Å². The lowest BCUT2D eigenvalue weighted by molar-refractivity contribution is -0.0402. The second-order valence-corrected chi connectivity index (χ2v) is 6.15. The summed E-state index contributed by atoms with van der Waals surface area (Å²) in [5, 5.41) is 0. The Kier molecular flexibility index (Phi) is 4.34. The average Bonchev–Trinajstić information content (AvgIpc) is 2.48. The molecule has 0 heterocycles. The lowest BCUT2D eigenvalue weighted by Gasteiger charge is -2.11. The molecule has 0 aromatic heterocycles. The molecule has 0 fully saturated rings. The van der Waals surface area contributed by atoms with Gasteiger partial charge >= 0.3 is 5.51 Å². The predicted molar refractivity (Wildman–Crippen MR) is 74.7 cm³/mol. The van der Waals surface area contributed by atoms with E-state index in [1.807, 2.05) is 6.04 Å². The van der Waals surface area contributed by atoms with Gasteiger partial charge in [0.1, 0.15) is 0 Å². The Morgan fingerprint density at radius 3 is 1.95 bits per heavy atom. The minimum atomic E-state index is -4.99. The van der Waals surface area contributed by atoms with Crippen LogP contribution in [0.1, 0.15) is 5.56 Å². The average molecular weight is 309 g/mol. The fourth-order valence-corrected chi connectivity index (χ4v) is 2.69. The molecule has 0 spiro atoms. The van der Waals surface area contributed by atoms with Crippen LogP contribution in [0.15, 0.2) is 69.9 Å². The summed E-state index contributed by atoms with van der Waals surface area (Å²) in [5.41, 5.74) is -4.49. The van der Waals surface area contributed by atoms with Crippen molar-refractivity contribution >= 4 is 9.73 Å². The van der Waals surface area contributed by atoms with Crippen LogP contribution in [0.3, 0.4) is 0 Å². The van der Waals surface area contributed by atoms with E-state index in [1.54, 1.807) is 30.3 Å². The van der Waals surface area contributed by atoms with Crippen LogP contribution in [-0.2, 0) is 9.73 Å². The highest BCUT2D eigenvalue weighted by molar-refractivity contribution is 7.94. The maximum atomic E-state index is 13.1. The molecule has 2 aromatic rings. The largest absolute Gasteiger partial charge is 0.484 e. The van der Waals surface area contributed by atoms with Gasteiger partial charge in [-0.15, -0.1) is 4.36 Å². The summed E-state index contributed by atoms with van der Waals surface area (Å²) in [6.45, 7) is 0. The smallest absolute Gasteiger partial charge is 0.235 e. The van der Waals surface area contributed by atoms with Crippen LogP contribution in [0.2, 0.25) is 0 Å². The van der Waals surface area contributed by atoms with Crippen molar-refractivity contribution in [1.82, 2.24) is 0 Å². The van der Waals surface area contributed by atoms with Crippen LogP contribution in [0.5, 0.6) is 0 Å². The summed E-state index contributed by atoms with van der Waals surface area (Å²) >= 11 is 0. The number of rotatable bonds is 1. The Labute approximate surface area is 120 Å². The number of hydrogen-bond donors (Lipinski definition) is 0. The van der Waals surface area contributed by atoms with E-state index < -0.39 is 20.1 Å². The molecule has 0 aliphatic carbocycles. The van der Waals surface area contributed by atoms with Gasteiger partial charge < -0.3 is 0 Å². The van der Waals surface area contributed by atoms with Crippen molar-refractivity contribution in [1.29, 1.82) is 0 Å². The van der Waals surface area contributed by atoms with Crippen LogP contribution < -0.4 is 0 Å². The van der Waals surface area contributed by atoms with E-state index in [-0.39, 0.29) is 0 Å². The molecule has 2 nitrogen and oxygen atoms in total. The molecule has 21 heavy (non-hydrogen) atoms. The lowest BCUT2D eigenvalue weighted by atomic mass is 10.2. The van der Waals surface area contributed by atoms with Gasteiger partial charge in [0.25, 0.3) is 0 Å². The van der Waals surface area contributed by atoms with Gasteiger partial charge in [0.2, 0.25) is 0 Å². The Morgan fingerprint density at radius 1 is 0.905 bits per heavy atom. The molecule has 2 rings (SSSR count). The second kappa shape index (κ2) is 6.02. The quantitative estimate of drug-likeness (QED) is 0.731. The van der Waals surface area contributed by atoms with E-state index in [2.05, 4.69) is 10.3 Å². The summed E-state index contributed by atoms with van der Waals surface area (Å²) in [5.74, 6) is 2.45. The number of benzene rings is 2. The van der Waals surface area contributed by atoms with Gasteiger partial charge in [0.05, 0.1) is 10.9 Å². The Bertz CT molecular complexity index is 780. The monoisotopic (exact) mass is 309 g/mol. The van der Waals surface area contributed by atoms with Crippen molar-refractivity contribution in [3.8, 4) is 12.0 Å². The summed E-state index contributed by atoms with van der Waals surface area (Å²) in [6, 6.07) is 17.0. The lowest BCUT2D eigenvalue weighted by Crippen LogP contribution is -2.22. The summed E-state index contributed by atoms with van der Waals surface area (Å²) < 4.78 is 54.6. The number of hydrogen-bond acceptors (Lipinski definition) is 2. The van der Waals surface area contributed by atoms with Gasteiger partial charge in [-0.2, -0.15) is 13.2 Å². The van der Waals surface area contributed by atoms with Crippen molar-refractivity contribution in [2.24, 2.45) is 4.36 Å². The molecular formula is C15H10F3NOS. The zero-order valence-electron chi connectivity index (χ0n) is 10.7. The highest BCUT2D eigenvalue weighted by atomic mass is 32.2. The molecule has 1 atom stereocenters. The van der Waals surface area contributed by atoms with Crippen LogP contribution in [0.25, 0.3) is 0 Å². The van der Waals surface area contributed by atoms with E-state index in [4.69, 9.17) is 0 Å². The molecule has 108 valence electrons. The fraction of sp³-hybridized carbons (Fsp3) is 0.0667. The van der Waals surface area contributed by atoms with Crippen molar-refractivity contribution in [3.63, 3.8) is 0 Å². The van der Waals surface area contributed by atoms with Crippen molar-refractivity contribution in [2.45, 2.75) is 10.4 Å². The third kappa shape index (κ3) is 3.44. The van der Waals surface area contributed by atoms with Crippen molar-refractivity contribution in [2.75, 3.05) is 0 Å². The molecule has 1 unspecified atom stereocenters. The zero-order chi connectivity index (χ0) is 15.3. The molecule has 0 saturated heterocycles. The standard InChI is InChI=1S/C15H10F3NOS/c16-15(17,18)21(20,14-9-5-2-6-10-14)19-12-11-13-7-3-1-4-8-13/h1-10H. The van der Waals surface area contributed by atoms with E-state index in [9.17, 15) is 17.4 Å². The van der Waals surface area contributed by atoms with Gasteiger partial charge in [-0.05, 0) is 30.2 Å². The van der Waals surface area contributed by atoms with Crippen LogP contribution in [-0.4, -0.2) is 9.72 Å². The minimum absolute atomic E-state index is 0.403. The first-order valence-corrected chi connectivity index (χ1v) is 7.38. The molecule has 0 saturated carbocycles. The van der Waals surface area contributed by atoms with Gasteiger partial charge in [-0.25, -0.2) is 4.21 Å². The molecule has 0 radical (unpaired) electrons. The molecule has 0 aliphatic heterocycles. The summed E-state index contributed by atoms with van der Waals surface area (Å²) in [7, 11) is -4.60. The second-order valence-electron chi connectivity index (χ2n) is 3.98. The molecule has 0 aliphatic rings. The van der Waals surface area contributed by atoms with Crippen LogP contribution >= 0.6 is 0 Å².